The van der Waals surface area contributed by atoms with Gasteiger partial charge in [0.1, 0.15) is 6.61 Å². The second kappa shape index (κ2) is 13.0. The molecule has 12 heavy (non-hydrogen) atoms. The molecule has 74 valence electrons. The number of aliphatic hydroxyl groups is 2. The average Bonchev–Trinajstić information content (AvgIpc) is 2.07. The molecule has 0 rings (SSSR count). The van der Waals surface area contributed by atoms with Crippen molar-refractivity contribution in [2.24, 2.45) is 0 Å². The lowest BCUT2D eigenvalue weighted by molar-refractivity contribution is -0.140. The van der Waals surface area contributed by atoms with Crippen LogP contribution < -0.4 is 0 Å². The van der Waals surface area contributed by atoms with E-state index in [0.29, 0.717) is 6.61 Å². The molecule has 4 nitrogen and oxygen atoms in total. The van der Waals surface area contributed by atoms with E-state index in [1.165, 1.54) is 19.3 Å². The molecule has 0 aliphatic heterocycles. The fourth-order valence-corrected chi connectivity index (χ4v) is 0.539. The van der Waals surface area contributed by atoms with Gasteiger partial charge in [-0.05, 0) is 6.42 Å². The van der Waals surface area contributed by atoms with Crippen molar-refractivity contribution in [2.75, 3.05) is 13.2 Å². The molecular weight excluding hydrogens is 160 g/mol. The van der Waals surface area contributed by atoms with Crippen molar-refractivity contribution in [1.82, 2.24) is 0 Å². The molecule has 0 aromatic carbocycles. The van der Waals surface area contributed by atoms with Gasteiger partial charge >= 0.3 is 5.97 Å². The lowest BCUT2D eigenvalue weighted by Gasteiger charge is -1.90. The van der Waals surface area contributed by atoms with Gasteiger partial charge in [0.15, 0.2) is 0 Å². The highest BCUT2D eigenvalue weighted by molar-refractivity contribution is 5.67. The van der Waals surface area contributed by atoms with Crippen LogP contribution in [0.1, 0.15) is 32.6 Å². The third kappa shape index (κ3) is 22.8. The Bertz CT molecular complexity index is 89.1. The molecule has 0 unspecified atom stereocenters. The molecule has 0 atom stereocenters. The minimum absolute atomic E-state index is 0.361. The van der Waals surface area contributed by atoms with Crippen LogP contribution in [0.2, 0.25) is 0 Å². The van der Waals surface area contributed by atoms with E-state index in [0.717, 1.165) is 6.42 Å². The number of carbonyl (C=O) groups is 1. The summed E-state index contributed by atoms with van der Waals surface area (Å²) in [5.41, 5.74) is 0. The van der Waals surface area contributed by atoms with Crippen LogP contribution in [0.15, 0.2) is 0 Å². The maximum Gasteiger partial charge on any atom is 0.329 e. The zero-order valence-corrected chi connectivity index (χ0v) is 7.49. The summed E-state index contributed by atoms with van der Waals surface area (Å²) in [6.45, 7) is 1.75. The SMILES string of the molecule is CCCCCCO.O=C(O)CO. The first kappa shape index (κ1) is 13.9. The Labute approximate surface area is 72.8 Å². The van der Waals surface area contributed by atoms with Crippen LogP contribution in [0.5, 0.6) is 0 Å². The first-order chi connectivity index (χ1) is 5.68. The largest absolute Gasteiger partial charge is 0.480 e. The van der Waals surface area contributed by atoms with Crippen LogP contribution >= 0.6 is 0 Å². The maximum absolute atomic E-state index is 9.12. The molecule has 0 amide bonds. The van der Waals surface area contributed by atoms with Gasteiger partial charge in [-0.2, -0.15) is 0 Å². The normalized spacial score (nSPS) is 8.58. The van der Waals surface area contributed by atoms with Gasteiger partial charge in [-0.25, -0.2) is 4.79 Å². The number of unbranched alkanes of at least 4 members (excludes halogenated alkanes) is 3. The summed E-state index contributed by atoms with van der Waals surface area (Å²) in [4.78, 5) is 9.12. The van der Waals surface area contributed by atoms with Crippen LogP contribution in [0.3, 0.4) is 0 Å². The molecule has 0 saturated carbocycles. The van der Waals surface area contributed by atoms with Gasteiger partial charge in [0.2, 0.25) is 0 Å². The molecule has 0 bridgehead atoms. The molecule has 0 spiro atoms. The molecule has 0 fully saturated rings. The number of hydrogen-bond donors (Lipinski definition) is 3. The maximum atomic E-state index is 9.12. The van der Waals surface area contributed by atoms with Crippen molar-refractivity contribution >= 4 is 5.97 Å². The summed E-state index contributed by atoms with van der Waals surface area (Å²) >= 11 is 0. The number of carboxylic acids is 1. The van der Waals surface area contributed by atoms with Crippen LogP contribution in [-0.4, -0.2) is 34.5 Å². The van der Waals surface area contributed by atoms with Crippen molar-refractivity contribution in [1.29, 1.82) is 0 Å². The molecule has 0 heterocycles. The zero-order valence-electron chi connectivity index (χ0n) is 7.49. The predicted molar refractivity (Wildman–Crippen MR) is 45.9 cm³/mol. The average molecular weight is 178 g/mol. The summed E-state index contributed by atoms with van der Waals surface area (Å²) in [6.07, 6.45) is 4.68. The number of carboxylic acid groups (broad SMARTS) is 1. The van der Waals surface area contributed by atoms with E-state index in [-0.39, 0.29) is 0 Å². The van der Waals surface area contributed by atoms with E-state index in [1.807, 2.05) is 0 Å². The molecule has 0 aromatic rings. The van der Waals surface area contributed by atoms with E-state index in [4.69, 9.17) is 20.1 Å². The third-order valence-electron chi connectivity index (χ3n) is 1.15. The number of hydrogen-bond acceptors (Lipinski definition) is 3. The summed E-state index contributed by atoms with van der Waals surface area (Å²) < 4.78 is 0. The summed E-state index contributed by atoms with van der Waals surface area (Å²) in [7, 11) is 0. The lowest BCUT2D eigenvalue weighted by Crippen LogP contribution is -1.98. The zero-order chi connectivity index (χ0) is 9.82. The van der Waals surface area contributed by atoms with Crippen molar-refractivity contribution < 1.29 is 20.1 Å². The molecule has 0 aliphatic rings. The van der Waals surface area contributed by atoms with Gasteiger partial charge in [0.05, 0.1) is 0 Å². The van der Waals surface area contributed by atoms with E-state index in [1.54, 1.807) is 0 Å². The van der Waals surface area contributed by atoms with Crippen LogP contribution in [0.4, 0.5) is 0 Å². The molecular formula is C8H18O4. The first-order valence-electron chi connectivity index (χ1n) is 4.12. The van der Waals surface area contributed by atoms with E-state index in [2.05, 4.69) is 6.92 Å². The highest BCUT2D eigenvalue weighted by Crippen LogP contribution is 1.95. The van der Waals surface area contributed by atoms with Gasteiger partial charge in [-0.3, -0.25) is 0 Å². The highest BCUT2D eigenvalue weighted by atomic mass is 16.4. The van der Waals surface area contributed by atoms with Crippen molar-refractivity contribution in [3.05, 3.63) is 0 Å². The van der Waals surface area contributed by atoms with Crippen LogP contribution in [-0.2, 0) is 4.79 Å². The second-order valence-corrected chi connectivity index (χ2v) is 2.34. The topological polar surface area (TPSA) is 77.8 Å². The summed E-state index contributed by atoms with van der Waals surface area (Å²) in [6, 6.07) is 0. The molecule has 0 aromatic heterocycles. The molecule has 0 radical (unpaired) electrons. The quantitative estimate of drug-likeness (QED) is 0.539. The van der Waals surface area contributed by atoms with Crippen molar-refractivity contribution in [3.8, 4) is 0 Å². The van der Waals surface area contributed by atoms with Gasteiger partial charge in [0.25, 0.3) is 0 Å². The Morgan fingerprint density at radius 1 is 1.17 bits per heavy atom. The Morgan fingerprint density at radius 2 is 1.67 bits per heavy atom. The lowest BCUT2D eigenvalue weighted by atomic mass is 10.2. The Hall–Kier alpha value is -0.610. The number of rotatable bonds is 5. The Balaban J connectivity index is 0. The van der Waals surface area contributed by atoms with Crippen molar-refractivity contribution in [3.63, 3.8) is 0 Å². The second-order valence-electron chi connectivity index (χ2n) is 2.34. The van der Waals surface area contributed by atoms with Gasteiger partial charge in [-0.1, -0.05) is 26.2 Å². The van der Waals surface area contributed by atoms with Crippen molar-refractivity contribution in [2.45, 2.75) is 32.6 Å². The van der Waals surface area contributed by atoms with Crippen LogP contribution in [0, 0.1) is 0 Å². The third-order valence-corrected chi connectivity index (χ3v) is 1.15. The molecule has 3 N–H and O–H groups in total. The molecule has 0 saturated heterocycles. The molecule has 4 heteroatoms. The fraction of sp³-hybridized carbons (Fsp3) is 0.875. The standard InChI is InChI=1S/C6H14O.C2H4O3/c1-2-3-4-5-6-7;3-1-2(4)5/h7H,2-6H2,1H3;3H,1H2,(H,4,5). The predicted octanol–water partition coefficient (Wildman–Crippen LogP) is 0.622. The Morgan fingerprint density at radius 3 is 1.92 bits per heavy atom. The van der Waals surface area contributed by atoms with E-state index >= 15 is 0 Å². The highest BCUT2D eigenvalue weighted by Gasteiger charge is 1.82. The first-order valence-corrected chi connectivity index (χ1v) is 4.12. The summed E-state index contributed by atoms with van der Waals surface area (Å²) in [5.74, 6) is -1.19. The minimum Gasteiger partial charge on any atom is -0.480 e. The van der Waals surface area contributed by atoms with E-state index in [9.17, 15) is 0 Å². The monoisotopic (exact) mass is 178 g/mol. The minimum atomic E-state index is -1.19. The van der Waals surface area contributed by atoms with Gasteiger partial charge < -0.3 is 15.3 Å². The van der Waals surface area contributed by atoms with E-state index < -0.39 is 12.6 Å². The fourth-order valence-electron chi connectivity index (χ4n) is 0.539. The number of aliphatic carboxylic acids is 1. The smallest absolute Gasteiger partial charge is 0.329 e. The van der Waals surface area contributed by atoms with Gasteiger partial charge in [-0.15, -0.1) is 0 Å². The molecule has 0 aliphatic carbocycles. The van der Waals surface area contributed by atoms with Gasteiger partial charge in [0, 0.05) is 6.61 Å². The number of aliphatic hydroxyl groups excluding tert-OH is 2. The van der Waals surface area contributed by atoms with Crippen LogP contribution in [0.25, 0.3) is 0 Å². The Kier molecular flexibility index (Phi) is 15.1. The summed E-state index contributed by atoms with van der Waals surface area (Å²) in [5, 5.41) is 23.3.